The maximum Gasteiger partial charge on any atom is 0.332 e. The standard InChI is InChI=1S/C17H19BrN4O3/c1-10-6-5-7-11(2)13(10)25-9-8-22-14-12(19-16(22)18)15(23)21(4)17(24)20(14)3/h5-7H,8-9H2,1-4H3. The third-order valence-corrected chi connectivity index (χ3v) is 4.87. The van der Waals surface area contributed by atoms with Gasteiger partial charge in [-0.25, -0.2) is 9.78 Å². The Morgan fingerprint density at radius 2 is 1.76 bits per heavy atom. The van der Waals surface area contributed by atoms with E-state index in [-0.39, 0.29) is 11.2 Å². The Bertz CT molecular complexity index is 1060. The minimum absolute atomic E-state index is 0.253. The van der Waals surface area contributed by atoms with Crippen LogP contribution in [0, 0.1) is 13.8 Å². The number of halogens is 1. The molecule has 0 saturated carbocycles. The first-order valence-electron chi connectivity index (χ1n) is 7.83. The number of ether oxygens (including phenoxy) is 1. The summed E-state index contributed by atoms with van der Waals surface area (Å²) < 4.78 is 10.7. The molecule has 2 heterocycles. The molecule has 0 radical (unpaired) electrons. The smallest absolute Gasteiger partial charge is 0.332 e. The highest BCUT2D eigenvalue weighted by atomic mass is 79.9. The van der Waals surface area contributed by atoms with Crippen molar-refractivity contribution in [1.29, 1.82) is 0 Å². The van der Waals surface area contributed by atoms with Crippen molar-refractivity contribution in [2.75, 3.05) is 6.61 Å². The van der Waals surface area contributed by atoms with Crippen molar-refractivity contribution >= 4 is 27.1 Å². The zero-order valence-corrected chi connectivity index (χ0v) is 16.1. The lowest BCUT2D eigenvalue weighted by Gasteiger charge is -2.13. The largest absolute Gasteiger partial charge is 0.491 e. The van der Waals surface area contributed by atoms with Gasteiger partial charge < -0.3 is 9.30 Å². The number of aryl methyl sites for hydroxylation is 3. The van der Waals surface area contributed by atoms with Gasteiger partial charge in [0.05, 0.1) is 6.54 Å². The molecule has 0 aliphatic heterocycles. The summed E-state index contributed by atoms with van der Waals surface area (Å²) in [5.41, 5.74) is 2.07. The number of aromatic nitrogens is 4. The van der Waals surface area contributed by atoms with Crippen molar-refractivity contribution in [3.05, 3.63) is 54.9 Å². The molecular formula is C17H19BrN4O3. The van der Waals surface area contributed by atoms with Gasteiger partial charge in [-0.1, -0.05) is 18.2 Å². The first-order chi connectivity index (χ1) is 11.8. The summed E-state index contributed by atoms with van der Waals surface area (Å²) in [5, 5.41) is 0. The van der Waals surface area contributed by atoms with Crippen LogP contribution in [0.4, 0.5) is 0 Å². The normalized spacial score (nSPS) is 11.2. The van der Waals surface area contributed by atoms with Gasteiger partial charge in [-0.15, -0.1) is 0 Å². The van der Waals surface area contributed by atoms with Crippen LogP contribution in [0.25, 0.3) is 11.2 Å². The first-order valence-corrected chi connectivity index (χ1v) is 8.63. The number of hydrogen-bond acceptors (Lipinski definition) is 4. The molecule has 132 valence electrons. The Balaban J connectivity index is 1.96. The van der Waals surface area contributed by atoms with E-state index in [2.05, 4.69) is 20.9 Å². The molecule has 0 amide bonds. The highest BCUT2D eigenvalue weighted by Gasteiger charge is 2.17. The molecule has 3 rings (SSSR count). The lowest BCUT2D eigenvalue weighted by Crippen LogP contribution is -2.37. The third kappa shape index (κ3) is 2.90. The maximum absolute atomic E-state index is 12.3. The van der Waals surface area contributed by atoms with Crippen molar-refractivity contribution in [2.24, 2.45) is 14.1 Å². The number of fused-ring (bicyclic) bond motifs is 1. The Morgan fingerprint density at radius 1 is 1.12 bits per heavy atom. The fourth-order valence-electron chi connectivity index (χ4n) is 2.93. The Labute approximate surface area is 152 Å². The summed E-state index contributed by atoms with van der Waals surface area (Å²) in [4.78, 5) is 28.7. The summed E-state index contributed by atoms with van der Waals surface area (Å²) >= 11 is 3.38. The fourth-order valence-corrected chi connectivity index (χ4v) is 3.45. The lowest BCUT2D eigenvalue weighted by atomic mass is 10.1. The lowest BCUT2D eigenvalue weighted by molar-refractivity contribution is 0.294. The number of nitrogens with zero attached hydrogens (tertiary/aromatic N) is 4. The molecule has 2 aromatic heterocycles. The van der Waals surface area contributed by atoms with Crippen molar-refractivity contribution in [3.63, 3.8) is 0 Å². The maximum atomic E-state index is 12.3. The van der Waals surface area contributed by atoms with Crippen LogP contribution in [-0.2, 0) is 20.6 Å². The van der Waals surface area contributed by atoms with Gasteiger partial charge in [0.25, 0.3) is 5.56 Å². The Kier molecular flexibility index (Phi) is 4.55. The molecule has 0 saturated heterocycles. The summed E-state index contributed by atoms with van der Waals surface area (Å²) in [5.74, 6) is 0.854. The molecular weight excluding hydrogens is 388 g/mol. The van der Waals surface area contributed by atoms with Gasteiger partial charge in [0.15, 0.2) is 15.9 Å². The van der Waals surface area contributed by atoms with Gasteiger partial charge in [-0.3, -0.25) is 13.9 Å². The highest BCUT2D eigenvalue weighted by molar-refractivity contribution is 9.10. The van der Waals surface area contributed by atoms with Crippen molar-refractivity contribution < 1.29 is 4.74 Å². The SMILES string of the molecule is Cc1cccc(C)c1OCCn1c(Br)nc2c(=O)n(C)c(=O)n(C)c21. The van der Waals surface area contributed by atoms with Crippen LogP contribution in [0.2, 0.25) is 0 Å². The molecule has 1 aromatic carbocycles. The van der Waals surface area contributed by atoms with E-state index in [1.165, 1.54) is 11.6 Å². The minimum atomic E-state index is -0.409. The Morgan fingerprint density at radius 3 is 2.40 bits per heavy atom. The quantitative estimate of drug-likeness (QED) is 0.620. The predicted molar refractivity (Wildman–Crippen MR) is 99.3 cm³/mol. The zero-order valence-electron chi connectivity index (χ0n) is 14.5. The van der Waals surface area contributed by atoms with E-state index in [9.17, 15) is 9.59 Å². The van der Waals surface area contributed by atoms with Crippen LogP contribution in [0.1, 0.15) is 11.1 Å². The average molecular weight is 407 g/mol. The van der Waals surface area contributed by atoms with Gasteiger partial charge >= 0.3 is 5.69 Å². The Hall–Kier alpha value is -2.35. The van der Waals surface area contributed by atoms with Crippen molar-refractivity contribution in [2.45, 2.75) is 20.4 Å². The molecule has 8 heteroatoms. The zero-order chi connectivity index (χ0) is 18.3. The van der Waals surface area contributed by atoms with Crippen LogP contribution in [0.5, 0.6) is 5.75 Å². The number of para-hydroxylation sites is 1. The average Bonchev–Trinajstić information content (AvgIpc) is 2.90. The van der Waals surface area contributed by atoms with Crippen LogP contribution in [-0.4, -0.2) is 25.3 Å². The molecule has 0 fully saturated rings. The summed E-state index contributed by atoms with van der Waals surface area (Å²) in [6, 6.07) is 5.99. The van der Waals surface area contributed by atoms with E-state index in [1.54, 1.807) is 11.6 Å². The molecule has 25 heavy (non-hydrogen) atoms. The monoisotopic (exact) mass is 406 g/mol. The topological polar surface area (TPSA) is 71.1 Å². The number of rotatable bonds is 4. The molecule has 0 aliphatic carbocycles. The number of imidazole rings is 1. The molecule has 0 N–H and O–H groups in total. The number of hydrogen-bond donors (Lipinski definition) is 0. The predicted octanol–water partition coefficient (Wildman–Crippen LogP) is 1.89. The fraction of sp³-hybridized carbons (Fsp3) is 0.353. The van der Waals surface area contributed by atoms with Crippen LogP contribution < -0.4 is 16.0 Å². The summed E-state index contributed by atoms with van der Waals surface area (Å²) in [6.45, 7) is 4.83. The second-order valence-corrected chi connectivity index (χ2v) is 6.69. The van der Waals surface area contributed by atoms with E-state index >= 15 is 0 Å². The van der Waals surface area contributed by atoms with E-state index in [4.69, 9.17) is 4.74 Å². The van der Waals surface area contributed by atoms with Gasteiger partial charge in [0.2, 0.25) is 0 Å². The van der Waals surface area contributed by atoms with E-state index in [0.29, 0.717) is 23.5 Å². The van der Waals surface area contributed by atoms with Crippen LogP contribution in [0.15, 0.2) is 32.5 Å². The molecule has 0 spiro atoms. The van der Waals surface area contributed by atoms with Crippen molar-refractivity contribution in [3.8, 4) is 5.75 Å². The third-order valence-electron chi connectivity index (χ3n) is 4.26. The first kappa shape index (κ1) is 17.5. The number of benzene rings is 1. The molecule has 0 bridgehead atoms. The molecule has 0 unspecified atom stereocenters. The van der Waals surface area contributed by atoms with Crippen LogP contribution >= 0.6 is 15.9 Å². The van der Waals surface area contributed by atoms with Gasteiger partial charge in [0.1, 0.15) is 12.4 Å². The second kappa shape index (κ2) is 6.51. The molecule has 3 aromatic rings. The second-order valence-electron chi connectivity index (χ2n) is 5.98. The summed E-state index contributed by atoms with van der Waals surface area (Å²) in [6.07, 6.45) is 0. The van der Waals surface area contributed by atoms with Crippen LogP contribution in [0.3, 0.4) is 0 Å². The van der Waals surface area contributed by atoms with Gasteiger partial charge in [-0.05, 0) is 40.9 Å². The molecule has 0 atom stereocenters. The molecule has 0 aliphatic rings. The molecule has 7 nitrogen and oxygen atoms in total. The van der Waals surface area contributed by atoms with E-state index < -0.39 is 5.56 Å². The summed E-state index contributed by atoms with van der Waals surface area (Å²) in [7, 11) is 3.07. The van der Waals surface area contributed by atoms with Gasteiger partial charge in [0, 0.05) is 14.1 Å². The van der Waals surface area contributed by atoms with E-state index in [1.807, 2.05) is 32.0 Å². The highest BCUT2D eigenvalue weighted by Crippen LogP contribution is 2.23. The minimum Gasteiger partial charge on any atom is -0.491 e. The van der Waals surface area contributed by atoms with Gasteiger partial charge in [-0.2, -0.15) is 0 Å². The van der Waals surface area contributed by atoms with Crippen molar-refractivity contribution in [1.82, 2.24) is 18.7 Å². The van der Waals surface area contributed by atoms with E-state index in [0.717, 1.165) is 21.4 Å².